The number of aromatic nitrogens is 2. The topological polar surface area (TPSA) is 117 Å². The van der Waals surface area contributed by atoms with E-state index in [1.807, 2.05) is 18.2 Å². The lowest BCUT2D eigenvalue weighted by molar-refractivity contribution is -0.134. The number of benzene rings is 1. The largest absolute Gasteiger partial charge is 0.476 e. The number of piperidine rings is 2. The van der Waals surface area contributed by atoms with Gasteiger partial charge < -0.3 is 19.4 Å². The van der Waals surface area contributed by atoms with E-state index in [9.17, 15) is 19.5 Å². The fourth-order valence-corrected chi connectivity index (χ4v) is 8.27. The number of nitrogens with zero attached hydrogens (tertiary/aromatic N) is 5. The minimum atomic E-state index is -1.43. The maximum atomic E-state index is 14.1. The minimum absolute atomic E-state index is 0.0601. The molecule has 10 heteroatoms. The van der Waals surface area contributed by atoms with Crippen molar-refractivity contribution in [1.29, 1.82) is 0 Å². The number of rotatable bonds is 7. The van der Waals surface area contributed by atoms with E-state index in [1.54, 1.807) is 24.7 Å². The maximum absolute atomic E-state index is 14.1. The molecule has 220 valence electrons. The molecule has 6 atom stereocenters. The van der Waals surface area contributed by atoms with Gasteiger partial charge >= 0.3 is 5.97 Å². The summed E-state index contributed by atoms with van der Waals surface area (Å²) < 4.78 is 1.78. The summed E-state index contributed by atoms with van der Waals surface area (Å²) in [6.45, 7) is -0.434. The zero-order valence-corrected chi connectivity index (χ0v) is 24.1. The Morgan fingerprint density at radius 2 is 1.61 bits per heavy atom. The third-order valence-corrected chi connectivity index (χ3v) is 9.96. The summed E-state index contributed by atoms with van der Waals surface area (Å²) in [5.74, 6) is -0.0704. The summed E-state index contributed by atoms with van der Waals surface area (Å²) in [5.41, 5.74) is -0.0868. The van der Waals surface area contributed by atoms with E-state index >= 15 is 0 Å². The highest BCUT2D eigenvalue weighted by Crippen LogP contribution is 2.47. The van der Waals surface area contributed by atoms with Gasteiger partial charge in [-0.3, -0.25) is 14.5 Å². The number of carboxylic acid groups (broad SMARTS) is 1. The van der Waals surface area contributed by atoms with Crippen LogP contribution in [0.4, 0.5) is 0 Å². The Bertz CT molecular complexity index is 1380. The molecular formula is C31H41N5O5. The van der Waals surface area contributed by atoms with E-state index in [4.69, 9.17) is 4.84 Å². The lowest BCUT2D eigenvalue weighted by atomic mass is 9.68. The predicted molar refractivity (Wildman–Crippen MR) is 155 cm³/mol. The number of carbonyl (C=O) groups is 2. The van der Waals surface area contributed by atoms with Crippen LogP contribution in [0.3, 0.4) is 0 Å². The normalized spacial score (nSPS) is 30.1. The molecule has 10 nitrogen and oxygen atoms in total. The third-order valence-electron chi connectivity index (χ3n) is 9.96. The summed E-state index contributed by atoms with van der Waals surface area (Å²) in [6.07, 6.45) is 13.4. The maximum Gasteiger partial charge on any atom is 0.360 e. The minimum Gasteiger partial charge on any atom is -0.476 e. The van der Waals surface area contributed by atoms with Crippen molar-refractivity contribution in [1.82, 2.24) is 19.4 Å². The van der Waals surface area contributed by atoms with Gasteiger partial charge in [0.05, 0.1) is 11.0 Å². The molecule has 0 radical (unpaired) electrons. The first-order chi connectivity index (χ1) is 19.8. The van der Waals surface area contributed by atoms with Crippen LogP contribution in [-0.4, -0.2) is 80.9 Å². The fourth-order valence-electron chi connectivity index (χ4n) is 8.27. The number of amides is 1. The van der Waals surface area contributed by atoms with Crippen LogP contribution in [0.2, 0.25) is 0 Å². The molecule has 2 aliphatic carbocycles. The van der Waals surface area contributed by atoms with E-state index in [-0.39, 0.29) is 17.6 Å². The van der Waals surface area contributed by atoms with Crippen LogP contribution in [0, 0.1) is 11.8 Å². The van der Waals surface area contributed by atoms with Crippen molar-refractivity contribution < 1.29 is 19.5 Å². The molecule has 2 aromatic rings. The van der Waals surface area contributed by atoms with Gasteiger partial charge in [-0.05, 0) is 68.9 Å². The Morgan fingerprint density at radius 1 is 0.951 bits per heavy atom. The highest BCUT2D eigenvalue weighted by atomic mass is 16.6. The number of oxime groups is 1. The molecule has 2 unspecified atom stereocenters. The number of hydrogen-bond donors (Lipinski definition) is 1. The Balaban J connectivity index is 1.33. The average Bonchev–Trinajstić information content (AvgIpc) is 2.94. The first-order valence-electron chi connectivity index (χ1n) is 15.2. The number of carbonyl (C=O) groups excluding carboxylic acids is 1. The lowest BCUT2D eigenvalue weighted by Crippen LogP contribution is -2.58. The van der Waals surface area contributed by atoms with E-state index < -0.39 is 23.8 Å². The van der Waals surface area contributed by atoms with Crippen LogP contribution in [0.1, 0.15) is 82.4 Å². The van der Waals surface area contributed by atoms with Gasteiger partial charge in [0.1, 0.15) is 0 Å². The second kappa shape index (κ2) is 11.5. The third kappa shape index (κ3) is 5.50. The number of carboxylic acids is 1. The van der Waals surface area contributed by atoms with Crippen molar-refractivity contribution >= 4 is 28.6 Å². The Morgan fingerprint density at radius 3 is 2.27 bits per heavy atom. The summed E-state index contributed by atoms with van der Waals surface area (Å²) in [4.78, 5) is 51.9. The molecule has 0 spiro atoms. The molecule has 41 heavy (non-hydrogen) atoms. The van der Waals surface area contributed by atoms with E-state index in [0.717, 1.165) is 37.5 Å². The van der Waals surface area contributed by atoms with Gasteiger partial charge in [0.15, 0.2) is 12.3 Å². The van der Waals surface area contributed by atoms with Crippen LogP contribution in [0.25, 0.3) is 11.0 Å². The molecule has 1 aromatic carbocycles. The van der Waals surface area contributed by atoms with Crippen LogP contribution < -0.4 is 5.56 Å². The van der Waals surface area contributed by atoms with Crippen molar-refractivity contribution in [2.24, 2.45) is 17.0 Å². The van der Waals surface area contributed by atoms with Gasteiger partial charge in [-0.15, -0.1) is 0 Å². The van der Waals surface area contributed by atoms with Gasteiger partial charge in [0.2, 0.25) is 5.71 Å². The summed E-state index contributed by atoms with van der Waals surface area (Å²) in [6, 6.07) is 8.83. The summed E-state index contributed by atoms with van der Waals surface area (Å²) >= 11 is 0. The van der Waals surface area contributed by atoms with E-state index in [1.165, 1.54) is 49.8 Å². The van der Waals surface area contributed by atoms with Crippen molar-refractivity contribution in [3.8, 4) is 0 Å². The van der Waals surface area contributed by atoms with Gasteiger partial charge in [-0.1, -0.05) is 43.0 Å². The Kier molecular flexibility index (Phi) is 7.85. The first-order valence-corrected chi connectivity index (χ1v) is 15.2. The molecule has 4 fully saturated rings. The number of para-hydroxylation sites is 2. The van der Waals surface area contributed by atoms with Gasteiger partial charge in [0.25, 0.3) is 11.5 Å². The number of fused-ring (bicyclic) bond motifs is 5. The Labute approximate surface area is 240 Å². The highest BCUT2D eigenvalue weighted by molar-refractivity contribution is 6.41. The average molecular weight is 564 g/mol. The molecule has 6 rings (SSSR count). The molecule has 1 amide bonds. The number of likely N-dealkylation sites (N-methyl/N-ethyl adjacent to an activating group) is 1. The lowest BCUT2D eigenvalue weighted by Gasteiger charge is -2.55. The van der Waals surface area contributed by atoms with Crippen molar-refractivity contribution in [3.05, 3.63) is 40.3 Å². The SMILES string of the molecule is CN(C)C(=O)CON=C(C(=O)O)c1nc2ccccc2n(C2C[C@H]3CCC[C@@H](C2)N3C2C[C@H]3CCC[C@@H](C2)C3)c1=O. The number of aliphatic carboxylic acids is 1. The molecule has 2 saturated heterocycles. The Hall–Kier alpha value is -3.27. The van der Waals surface area contributed by atoms with Crippen molar-refractivity contribution in [3.63, 3.8) is 0 Å². The van der Waals surface area contributed by atoms with Crippen LogP contribution in [0.5, 0.6) is 0 Å². The summed E-state index contributed by atoms with van der Waals surface area (Å²) in [5, 5.41) is 13.7. The van der Waals surface area contributed by atoms with Gasteiger partial charge in [-0.25, -0.2) is 9.78 Å². The monoisotopic (exact) mass is 563 g/mol. The van der Waals surface area contributed by atoms with Crippen LogP contribution in [0.15, 0.2) is 34.2 Å². The zero-order chi connectivity index (χ0) is 28.7. The molecule has 1 N–H and O–H groups in total. The molecule has 4 aliphatic rings. The first kappa shape index (κ1) is 27.9. The molecule has 2 saturated carbocycles. The fraction of sp³-hybridized carbons (Fsp3) is 0.645. The molecule has 4 bridgehead atoms. The number of hydrogen-bond acceptors (Lipinski definition) is 7. The van der Waals surface area contributed by atoms with E-state index in [0.29, 0.717) is 29.2 Å². The van der Waals surface area contributed by atoms with Crippen molar-refractivity contribution in [2.45, 2.75) is 94.8 Å². The zero-order valence-electron chi connectivity index (χ0n) is 24.1. The van der Waals surface area contributed by atoms with Gasteiger partial charge in [0, 0.05) is 38.3 Å². The van der Waals surface area contributed by atoms with Crippen molar-refractivity contribution in [2.75, 3.05) is 20.7 Å². The van der Waals surface area contributed by atoms with Gasteiger partial charge in [-0.2, -0.15) is 0 Å². The smallest absolute Gasteiger partial charge is 0.360 e. The quantitative estimate of drug-likeness (QED) is 0.402. The molecule has 2 aliphatic heterocycles. The molecular weight excluding hydrogens is 522 g/mol. The second-order valence-corrected chi connectivity index (χ2v) is 12.8. The standard InChI is InChI=1S/C31H41N5O5/c1-34(2)27(37)18-41-33-29(31(39)40)28-30(38)36(26-12-4-3-11-25(26)32-28)24-16-21-9-6-10-22(17-24)35(21)23-14-19-7-5-8-20(13-19)15-23/h3-4,11-12,19-24H,5-10,13-18H2,1-2H3,(H,39,40)/t19-,20+,21-,22+,23?,24?. The summed E-state index contributed by atoms with van der Waals surface area (Å²) in [7, 11) is 3.13. The van der Waals surface area contributed by atoms with Crippen LogP contribution >= 0.6 is 0 Å². The molecule has 1 aromatic heterocycles. The molecule has 3 heterocycles. The van der Waals surface area contributed by atoms with Crippen LogP contribution in [-0.2, 0) is 14.4 Å². The van der Waals surface area contributed by atoms with E-state index in [2.05, 4.69) is 15.0 Å². The predicted octanol–water partition coefficient (Wildman–Crippen LogP) is 3.82. The highest BCUT2D eigenvalue weighted by Gasteiger charge is 2.45. The second-order valence-electron chi connectivity index (χ2n) is 12.8.